The molecule has 0 heterocycles. The number of hydrogen-bond acceptors (Lipinski definition) is 2. The van der Waals surface area contributed by atoms with Crippen LogP contribution in [0.15, 0.2) is 0 Å². The molecule has 0 aliphatic heterocycles. The minimum Gasteiger partial charge on any atom is -0.392 e. The fraction of sp³-hybridized carbons (Fsp3) is 1.00. The van der Waals surface area contributed by atoms with Gasteiger partial charge in [-0.3, -0.25) is 0 Å². The highest BCUT2D eigenvalue weighted by atomic mass is 16.3. The Balaban J connectivity index is 2.31. The summed E-state index contributed by atoms with van der Waals surface area (Å²) in [4.78, 5) is 2.35. The van der Waals surface area contributed by atoms with E-state index in [-0.39, 0.29) is 6.10 Å². The molecule has 0 spiro atoms. The Morgan fingerprint density at radius 2 is 2.14 bits per heavy atom. The van der Waals surface area contributed by atoms with E-state index in [1.54, 1.807) is 0 Å². The molecular weight excluding hydrogens is 174 g/mol. The van der Waals surface area contributed by atoms with Crippen molar-refractivity contribution >= 4 is 0 Å². The van der Waals surface area contributed by atoms with Gasteiger partial charge in [0.2, 0.25) is 0 Å². The second kappa shape index (κ2) is 5.72. The molecule has 3 unspecified atom stereocenters. The molecule has 0 bridgehead atoms. The van der Waals surface area contributed by atoms with Crippen molar-refractivity contribution in [1.29, 1.82) is 0 Å². The molecule has 3 atom stereocenters. The molecule has 1 fully saturated rings. The van der Waals surface area contributed by atoms with Gasteiger partial charge in [0.15, 0.2) is 0 Å². The van der Waals surface area contributed by atoms with Gasteiger partial charge in [-0.05, 0) is 32.2 Å². The topological polar surface area (TPSA) is 23.5 Å². The molecule has 0 radical (unpaired) electrons. The van der Waals surface area contributed by atoms with Crippen LogP contribution in [-0.4, -0.2) is 35.7 Å². The van der Waals surface area contributed by atoms with E-state index in [1.165, 1.54) is 25.7 Å². The Morgan fingerprint density at radius 1 is 1.43 bits per heavy atom. The van der Waals surface area contributed by atoms with Crippen LogP contribution in [0.1, 0.15) is 46.0 Å². The minimum atomic E-state index is -0.141. The molecule has 0 aromatic rings. The smallest absolute Gasteiger partial charge is 0.0664 e. The van der Waals surface area contributed by atoms with E-state index in [9.17, 15) is 5.11 Å². The molecule has 1 saturated carbocycles. The van der Waals surface area contributed by atoms with Crippen molar-refractivity contribution in [2.75, 3.05) is 13.6 Å². The summed E-state index contributed by atoms with van der Waals surface area (Å²) in [6, 6.07) is 0.708. The van der Waals surface area contributed by atoms with Crippen molar-refractivity contribution in [2.45, 2.75) is 58.1 Å². The number of likely N-dealkylation sites (N-methyl/N-ethyl adjacent to an activating group) is 1. The lowest BCUT2D eigenvalue weighted by Crippen LogP contribution is -2.39. The first-order chi connectivity index (χ1) is 6.63. The van der Waals surface area contributed by atoms with E-state index in [2.05, 4.69) is 18.9 Å². The molecule has 14 heavy (non-hydrogen) atoms. The molecule has 0 aromatic carbocycles. The lowest BCUT2D eigenvalue weighted by atomic mass is 9.86. The molecule has 2 heteroatoms. The maximum absolute atomic E-state index is 9.58. The third kappa shape index (κ3) is 3.58. The fourth-order valence-corrected chi connectivity index (χ4v) is 2.41. The number of aliphatic hydroxyl groups is 1. The highest BCUT2D eigenvalue weighted by molar-refractivity contribution is 4.78. The number of nitrogens with zero attached hydrogens (tertiary/aromatic N) is 1. The van der Waals surface area contributed by atoms with E-state index in [1.807, 2.05) is 6.92 Å². The molecule has 1 aliphatic rings. The Kier molecular flexibility index (Phi) is 4.90. The third-order valence-corrected chi connectivity index (χ3v) is 3.50. The second-order valence-electron chi connectivity index (χ2n) is 4.93. The maximum atomic E-state index is 9.58. The maximum Gasteiger partial charge on any atom is 0.0664 e. The van der Waals surface area contributed by atoms with Crippen LogP contribution in [0.3, 0.4) is 0 Å². The molecule has 1 N–H and O–H groups in total. The van der Waals surface area contributed by atoms with Gasteiger partial charge in [-0.15, -0.1) is 0 Å². The van der Waals surface area contributed by atoms with Gasteiger partial charge in [-0.1, -0.05) is 26.7 Å². The van der Waals surface area contributed by atoms with Gasteiger partial charge in [0.05, 0.1) is 6.10 Å². The van der Waals surface area contributed by atoms with Gasteiger partial charge in [-0.2, -0.15) is 0 Å². The van der Waals surface area contributed by atoms with Crippen molar-refractivity contribution in [3.63, 3.8) is 0 Å². The standard InChI is InChI=1S/C12H25NO/c1-4-12(14)9-13(3)11-7-5-6-10(2)8-11/h10-12,14H,4-9H2,1-3H3. The van der Waals surface area contributed by atoms with Gasteiger partial charge >= 0.3 is 0 Å². The Morgan fingerprint density at radius 3 is 2.71 bits per heavy atom. The van der Waals surface area contributed by atoms with Crippen LogP contribution >= 0.6 is 0 Å². The second-order valence-corrected chi connectivity index (χ2v) is 4.93. The van der Waals surface area contributed by atoms with Crippen LogP contribution < -0.4 is 0 Å². The van der Waals surface area contributed by atoms with Crippen molar-refractivity contribution in [3.05, 3.63) is 0 Å². The molecule has 1 rings (SSSR count). The molecular formula is C12H25NO. The molecule has 1 aliphatic carbocycles. The molecule has 2 nitrogen and oxygen atoms in total. The average Bonchev–Trinajstić information content (AvgIpc) is 2.17. The van der Waals surface area contributed by atoms with Crippen LogP contribution in [0.5, 0.6) is 0 Å². The number of rotatable bonds is 4. The highest BCUT2D eigenvalue weighted by Gasteiger charge is 2.23. The first-order valence-electron chi connectivity index (χ1n) is 6.01. The van der Waals surface area contributed by atoms with E-state index < -0.39 is 0 Å². The summed E-state index contributed by atoms with van der Waals surface area (Å²) in [5.74, 6) is 0.870. The zero-order valence-corrected chi connectivity index (χ0v) is 9.87. The van der Waals surface area contributed by atoms with Crippen molar-refractivity contribution in [1.82, 2.24) is 4.90 Å². The Hall–Kier alpha value is -0.0800. The largest absolute Gasteiger partial charge is 0.392 e. The van der Waals surface area contributed by atoms with Crippen LogP contribution in [0.25, 0.3) is 0 Å². The normalized spacial score (nSPS) is 30.6. The average molecular weight is 199 g/mol. The Bertz CT molecular complexity index is 160. The molecule has 0 saturated heterocycles. The first kappa shape index (κ1) is 12.0. The number of aliphatic hydroxyl groups excluding tert-OH is 1. The van der Waals surface area contributed by atoms with Crippen molar-refractivity contribution < 1.29 is 5.11 Å². The molecule has 84 valence electrons. The summed E-state index contributed by atoms with van der Waals surface area (Å²) < 4.78 is 0. The summed E-state index contributed by atoms with van der Waals surface area (Å²) in [5.41, 5.74) is 0. The highest BCUT2D eigenvalue weighted by Crippen LogP contribution is 2.26. The van der Waals surface area contributed by atoms with Crippen LogP contribution in [0.2, 0.25) is 0 Å². The van der Waals surface area contributed by atoms with Gasteiger partial charge < -0.3 is 10.0 Å². The van der Waals surface area contributed by atoms with E-state index in [4.69, 9.17) is 0 Å². The molecule has 0 amide bonds. The lowest BCUT2D eigenvalue weighted by molar-refractivity contribution is 0.0810. The minimum absolute atomic E-state index is 0.141. The monoisotopic (exact) mass is 199 g/mol. The van der Waals surface area contributed by atoms with Gasteiger partial charge in [0.1, 0.15) is 0 Å². The first-order valence-corrected chi connectivity index (χ1v) is 6.01. The zero-order chi connectivity index (χ0) is 10.6. The van der Waals surface area contributed by atoms with E-state index in [0.717, 1.165) is 18.9 Å². The van der Waals surface area contributed by atoms with Gasteiger partial charge in [0, 0.05) is 12.6 Å². The third-order valence-electron chi connectivity index (χ3n) is 3.50. The van der Waals surface area contributed by atoms with Crippen LogP contribution in [-0.2, 0) is 0 Å². The van der Waals surface area contributed by atoms with E-state index >= 15 is 0 Å². The van der Waals surface area contributed by atoms with Crippen molar-refractivity contribution in [3.8, 4) is 0 Å². The summed E-state index contributed by atoms with van der Waals surface area (Å²) in [6.45, 7) is 5.23. The predicted octanol–water partition coefficient (Wildman–Crippen LogP) is 2.27. The van der Waals surface area contributed by atoms with Gasteiger partial charge in [0.25, 0.3) is 0 Å². The summed E-state index contributed by atoms with van der Waals surface area (Å²) >= 11 is 0. The quantitative estimate of drug-likeness (QED) is 0.751. The zero-order valence-electron chi connectivity index (χ0n) is 9.87. The number of hydrogen-bond donors (Lipinski definition) is 1. The fourth-order valence-electron chi connectivity index (χ4n) is 2.41. The van der Waals surface area contributed by atoms with Crippen molar-refractivity contribution in [2.24, 2.45) is 5.92 Å². The van der Waals surface area contributed by atoms with Crippen LogP contribution in [0.4, 0.5) is 0 Å². The van der Waals surface area contributed by atoms with Gasteiger partial charge in [-0.25, -0.2) is 0 Å². The van der Waals surface area contributed by atoms with E-state index in [0.29, 0.717) is 6.04 Å². The summed E-state index contributed by atoms with van der Waals surface area (Å²) in [6.07, 6.45) is 6.10. The lowest BCUT2D eigenvalue weighted by Gasteiger charge is -2.35. The summed E-state index contributed by atoms with van der Waals surface area (Å²) in [7, 11) is 2.15. The molecule has 0 aromatic heterocycles. The SMILES string of the molecule is CCC(O)CN(C)C1CCCC(C)C1. The Labute approximate surface area is 88.3 Å². The summed E-state index contributed by atoms with van der Waals surface area (Å²) in [5, 5.41) is 9.58. The predicted molar refractivity (Wildman–Crippen MR) is 60.3 cm³/mol. The van der Waals surface area contributed by atoms with Crippen LogP contribution in [0, 0.1) is 5.92 Å².